The van der Waals surface area contributed by atoms with Crippen molar-refractivity contribution in [3.8, 4) is 6.07 Å². The zero-order valence-electron chi connectivity index (χ0n) is 14.6. The van der Waals surface area contributed by atoms with E-state index in [4.69, 9.17) is 4.74 Å². The number of ether oxygens (including phenoxy) is 1. The average Bonchev–Trinajstić information content (AvgIpc) is 2.66. The molecule has 0 saturated heterocycles. The van der Waals surface area contributed by atoms with Gasteiger partial charge in [0.05, 0.1) is 18.4 Å². The van der Waals surface area contributed by atoms with E-state index in [9.17, 15) is 14.9 Å². The van der Waals surface area contributed by atoms with Crippen LogP contribution >= 0.6 is 0 Å². The van der Waals surface area contributed by atoms with E-state index in [2.05, 4.69) is 5.32 Å². The molecule has 1 amide bonds. The number of hydrogen-bond donors (Lipinski definition) is 1. The highest BCUT2D eigenvalue weighted by atomic mass is 16.5. The molecule has 0 aliphatic heterocycles. The number of carbonyl (C=O) groups is 2. The molecule has 0 aliphatic carbocycles. The van der Waals surface area contributed by atoms with Crippen LogP contribution in [0.25, 0.3) is 0 Å². The topological polar surface area (TPSA) is 82.4 Å². The molecule has 0 spiro atoms. The number of nitrogens with zero attached hydrogens (tertiary/aromatic N) is 2. The normalized spacial score (nSPS) is 10.6. The predicted molar refractivity (Wildman–Crippen MR) is 98.0 cm³/mol. The Bertz CT molecular complexity index is 854. The smallest absolute Gasteiger partial charge is 0.339 e. The van der Waals surface area contributed by atoms with E-state index in [1.54, 1.807) is 36.2 Å². The van der Waals surface area contributed by atoms with Crippen molar-refractivity contribution in [3.63, 3.8) is 0 Å². The Labute approximate surface area is 152 Å². The van der Waals surface area contributed by atoms with Crippen molar-refractivity contribution >= 4 is 17.6 Å². The molecule has 2 rings (SSSR count). The third kappa shape index (κ3) is 4.95. The lowest BCUT2D eigenvalue weighted by atomic mass is 10.1. The van der Waals surface area contributed by atoms with Crippen LogP contribution in [-0.2, 0) is 16.1 Å². The van der Waals surface area contributed by atoms with Gasteiger partial charge in [-0.2, -0.15) is 5.26 Å². The molecule has 0 unspecified atom stereocenters. The zero-order chi connectivity index (χ0) is 18.9. The number of benzene rings is 2. The second-order valence-electron chi connectivity index (χ2n) is 5.55. The number of hydrogen-bond acceptors (Lipinski definition) is 5. The van der Waals surface area contributed by atoms with E-state index in [-0.39, 0.29) is 16.8 Å². The maximum absolute atomic E-state index is 12.4. The van der Waals surface area contributed by atoms with Gasteiger partial charge in [-0.3, -0.25) is 4.79 Å². The highest BCUT2D eigenvalue weighted by molar-refractivity contribution is 6.09. The summed E-state index contributed by atoms with van der Waals surface area (Å²) in [5.74, 6) is -1.16. The van der Waals surface area contributed by atoms with Gasteiger partial charge in [0, 0.05) is 19.8 Å². The first-order chi connectivity index (χ1) is 12.5. The maximum Gasteiger partial charge on any atom is 0.339 e. The Morgan fingerprint density at radius 3 is 2.46 bits per heavy atom. The Hall–Kier alpha value is -3.59. The molecule has 0 atom stereocenters. The number of methoxy groups -OCH3 is 1. The molecule has 26 heavy (non-hydrogen) atoms. The van der Waals surface area contributed by atoms with Crippen LogP contribution in [0.3, 0.4) is 0 Å². The van der Waals surface area contributed by atoms with Gasteiger partial charge in [0.25, 0.3) is 5.91 Å². The minimum Gasteiger partial charge on any atom is -0.465 e. The second kappa shape index (κ2) is 9.04. The van der Waals surface area contributed by atoms with E-state index < -0.39 is 11.9 Å². The minimum atomic E-state index is -0.594. The van der Waals surface area contributed by atoms with Crippen molar-refractivity contribution in [3.05, 3.63) is 77.5 Å². The first-order valence-electron chi connectivity index (χ1n) is 7.90. The fraction of sp³-hybridized carbons (Fsp3) is 0.150. The Balaban J connectivity index is 2.14. The van der Waals surface area contributed by atoms with Gasteiger partial charge in [0.1, 0.15) is 11.6 Å². The fourth-order valence-corrected chi connectivity index (χ4v) is 2.35. The van der Waals surface area contributed by atoms with Crippen molar-refractivity contribution in [1.29, 1.82) is 5.26 Å². The summed E-state index contributed by atoms with van der Waals surface area (Å²) >= 11 is 0. The summed E-state index contributed by atoms with van der Waals surface area (Å²) < 4.78 is 4.70. The van der Waals surface area contributed by atoms with Crippen molar-refractivity contribution in [1.82, 2.24) is 4.90 Å². The van der Waals surface area contributed by atoms with Crippen LogP contribution in [0.1, 0.15) is 15.9 Å². The fourth-order valence-electron chi connectivity index (χ4n) is 2.35. The Morgan fingerprint density at radius 2 is 1.81 bits per heavy atom. The zero-order valence-corrected chi connectivity index (χ0v) is 14.6. The molecule has 0 radical (unpaired) electrons. The lowest BCUT2D eigenvalue weighted by molar-refractivity contribution is -0.112. The lowest BCUT2D eigenvalue weighted by Crippen LogP contribution is -2.19. The van der Waals surface area contributed by atoms with Crippen LogP contribution in [0.15, 0.2) is 66.4 Å². The molecular formula is C20H19N3O3. The number of anilines is 1. The highest BCUT2D eigenvalue weighted by Gasteiger charge is 2.16. The lowest BCUT2D eigenvalue weighted by Gasteiger charge is -2.15. The number of rotatable bonds is 6. The molecule has 2 aromatic rings. The van der Waals surface area contributed by atoms with E-state index in [1.807, 2.05) is 36.4 Å². The van der Waals surface area contributed by atoms with Crippen molar-refractivity contribution < 1.29 is 14.3 Å². The van der Waals surface area contributed by atoms with E-state index in [0.717, 1.165) is 5.56 Å². The molecule has 0 aromatic heterocycles. The van der Waals surface area contributed by atoms with E-state index in [1.165, 1.54) is 13.3 Å². The summed E-state index contributed by atoms with van der Waals surface area (Å²) in [5, 5.41) is 11.9. The number of amides is 1. The van der Waals surface area contributed by atoms with Crippen molar-refractivity contribution in [2.45, 2.75) is 6.54 Å². The maximum atomic E-state index is 12.4. The van der Waals surface area contributed by atoms with Gasteiger partial charge in [-0.05, 0) is 17.7 Å². The van der Waals surface area contributed by atoms with Gasteiger partial charge in [-0.15, -0.1) is 0 Å². The number of carbonyl (C=O) groups excluding carboxylic acids is 2. The highest BCUT2D eigenvalue weighted by Crippen LogP contribution is 2.17. The van der Waals surface area contributed by atoms with Crippen LogP contribution in [-0.4, -0.2) is 30.9 Å². The third-order valence-electron chi connectivity index (χ3n) is 3.57. The summed E-state index contributed by atoms with van der Waals surface area (Å²) in [6, 6.07) is 18.0. The molecule has 0 heterocycles. The van der Waals surface area contributed by atoms with Crippen LogP contribution < -0.4 is 5.32 Å². The summed E-state index contributed by atoms with van der Waals surface area (Å²) in [5.41, 5.74) is 1.50. The molecule has 2 aromatic carbocycles. The summed E-state index contributed by atoms with van der Waals surface area (Å²) in [6.45, 7) is 0.554. The first kappa shape index (κ1) is 18.7. The van der Waals surface area contributed by atoms with Gasteiger partial charge < -0.3 is 15.0 Å². The first-order valence-corrected chi connectivity index (χ1v) is 7.90. The van der Waals surface area contributed by atoms with Crippen LogP contribution in [0, 0.1) is 11.3 Å². The predicted octanol–water partition coefficient (Wildman–Crippen LogP) is 2.95. The van der Waals surface area contributed by atoms with Crippen molar-refractivity contribution in [2.75, 3.05) is 19.5 Å². The molecular weight excluding hydrogens is 330 g/mol. The van der Waals surface area contributed by atoms with Crippen LogP contribution in [0.2, 0.25) is 0 Å². The molecule has 0 fully saturated rings. The third-order valence-corrected chi connectivity index (χ3v) is 3.57. The van der Waals surface area contributed by atoms with Gasteiger partial charge in [-0.25, -0.2) is 4.79 Å². The standard InChI is InChI=1S/C20H19N3O3/c1-23(13-15-8-4-3-5-9-15)14-16(12-21)19(24)22-18-11-7-6-10-17(18)20(25)26-2/h3-11,14H,13H2,1-2H3,(H,22,24)/b16-14-. The van der Waals surface area contributed by atoms with Gasteiger partial charge >= 0.3 is 5.97 Å². The summed E-state index contributed by atoms with van der Waals surface area (Å²) in [6.07, 6.45) is 1.48. The molecule has 1 N–H and O–H groups in total. The number of nitriles is 1. The number of nitrogens with one attached hydrogen (secondary N) is 1. The summed E-state index contributed by atoms with van der Waals surface area (Å²) in [4.78, 5) is 25.9. The number of esters is 1. The quantitative estimate of drug-likeness (QED) is 0.492. The monoisotopic (exact) mass is 349 g/mol. The van der Waals surface area contributed by atoms with E-state index >= 15 is 0 Å². The van der Waals surface area contributed by atoms with E-state index in [0.29, 0.717) is 6.54 Å². The molecule has 132 valence electrons. The molecule has 0 saturated carbocycles. The number of para-hydroxylation sites is 1. The van der Waals surface area contributed by atoms with Crippen molar-refractivity contribution in [2.24, 2.45) is 0 Å². The average molecular weight is 349 g/mol. The minimum absolute atomic E-state index is 0.0666. The SMILES string of the molecule is COC(=O)c1ccccc1NC(=O)/C(C#N)=C\N(C)Cc1ccccc1. The van der Waals surface area contributed by atoms with Gasteiger partial charge in [-0.1, -0.05) is 42.5 Å². The van der Waals surface area contributed by atoms with Gasteiger partial charge in [0.15, 0.2) is 0 Å². The summed E-state index contributed by atoms with van der Waals surface area (Å²) in [7, 11) is 3.04. The van der Waals surface area contributed by atoms with Crippen LogP contribution in [0.4, 0.5) is 5.69 Å². The molecule has 0 bridgehead atoms. The molecule has 6 nitrogen and oxygen atoms in total. The Kier molecular flexibility index (Phi) is 6.52. The largest absolute Gasteiger partial charge is 0.465 e. The van der Waals surface area contributed by atoms with Crippen LogP contribution in [0.5, 0.6) is 0 Å². The van der Waals surface area contributed by atoms with Gasteiger partial charge in [0.2, 0.25) is 0 Å². The second-order valence-corrected chi connectivity index (χ2v) is 5.55. The molecule has 0 aliphatic rings. The Morgan fingerprint density at radius 1 is 1.15 bits per heavy atom. The molecule has 6 heteroatoms.